The molecule has 0 aliphatic heterocycles. The molecule has 0 saturated carbocycles. The first-order valence-corrected chi connectivity index (χ1v) is 14.0. The van der Waals surface area contributed by atoms with Gasteiger partial charge in [0, 0.05) is 10.1 Å². The number of hydrogen-bond acceptors (Lipinski definition) is 4. The van der Waals surface area contributed by atoms with Crippen LogP contribution in [-0.2, 0) is 16.0 Å². The van der Waals surface area contributed by atoms with Gasteiger partial charge in [0.05, 0.1) is 6.61 Å². The highest BCUT2D eigenvalue weighted by Crippen LogP contribution is 2.40. The van der Waals surface area contributed by atoms with E-state index in [4.69, 9.17) is 9.47 Å². The van der Waals surface area contributed by atoms with Crippen LogP contribution in [0.5, 0.6) is 5.75 Å². The van der Waals surface area contributed by atoms with Gasteiger partial charge in [0.2, 0.25) is 0 Å². The maximum Gasteiger partial charge on any atom is 0.349 e. The quantitative estimate of drug-likeness (QED) is 0.153. The maximum absolute atomic E-state index is 12.3. The van der Waals surface area contributed by atoms with Crippen molar-refractivity contribution in [3.8, 4) is 16.9 Å². The van der Waals surface area contributed by atoms with E-state index in [1.54, 1.807) is 20.8 Å². The van der Waals surface area contributed by atoms with Crippen LogP contribution in [-0.4, -0.2) is 18.2 Å². The largest absolute Gasteiger partial charge is 0.476 e. The summed E-state index contributed by atoms with van der Waals surface area (Å²) in [5.74, 6) is 0.323. The van der Waals surface area contributed by atoms with E-state index in [0.717, 1.165) is 16.9 Å². The fourth-order valence-electron chi connectivity index (χ4n) is 4.29. The molecule has 0 aromatic heterocycles. The predicted molar refractivity (Wildman–Crippen MR) is 158 cm³/mol. The second kappa shape index (κ2) is 12.4. The van der Waals surface area contributed by atoms with Gasteiger partial charge in [0.1, 0.15) is 5.75 Å². The van der Waals surface area contributed by atoms with E-state index in [9.17, 15) is 4.79 Å². The van der Waals surface area contributed by atoms with E-state index >= 15 is 0 Å². The highest BCUT2D eigenvalue weighted by molar-refractivity contribution is 7.99. The van der Waals surface area contributed by atoms with Crippen LogP contribution in [0.2, 0.25) is 0 Å². The van der Waals surface area contributed by atoms with Gasteiger partial charge in [0.25, 0.3) is 0 Å². The average molecular weight is 525 g/mol. The first kappa shape index (κ1) is 27.5. The lowest BCUT2D eigenvalue weighted by molar-refractivity contribution is -0.158. The minimum absolute atomic E-state index is 0.242. The molecule has 0 amide bonds. The molecular formula is C34H36O3S. The van der Waals surface area contributed by atoms with Gasteiger partial charge in [-0.25, -0.2) is 4.79 Å². The summed E-state index contributed by atoms with van der Waals surface area (Å²) >= 11 is 1.85. The van der Waals surface area contributed by atoms with Crippen molar-refractivity contribution in [2.45, 2.75) is 56.8 Å². The van der Waals surface area contributed by atoms with Gasteiger partial charge in [-0.1, -0.05) is 84.4 Å². The number of aryl methyl sites for hydroxylation is 2. The molecule has 4 aromatic rings. The Morgan fingerprint density at radius 2 is 1.47 bits per heavy atom. The second-order valence-corrected chi connectivity index (χ2v) is 11.3. The summed E-state index contributed by atoms with van der Waals surface area (Å²) in [6.07, 6.45) is 0.919. The summed E-state index contributed by atoms with van der Waals surface area (Å²) in [5, 5.41) is 0.242. The molecule has 0 spiro atoms. The SMILES string of the molecule is CCOC(=O)C(C)(C)Oc1ccc(SC(Cc2ccccc2)c2ccc(-c3ccc(C)cc3)cc2)cc1C. The Morgan fingerprint density at radius 1 is 0.842 bits per heavy atom. The molecule has 0 bridgehead atoms. The lowest BCUT2D eigenvalue weighted by atomic mass is 9.99. The van der Waals surface area contributed by atoms with Crippen molar-refractivity contribution in [3.05, 3.63) is 119 Å². The van der Waals surface area contributed by atoms with E-state index in [2.05, 4.69) is 97.9 Å². The fourth-order valence-corrected chi connectivity index (χ4v) is 5.58. The number of carbonyl (C=O) groups is 1. The Morgan fingerprint density at radius 3 is 2.08 bits per heavy atom. The number of rotatable bonds is 10. The molecule has 196 valence electrons. The van der Waals surface area contributed by atoms with Crippen LogP contribution in [0.4, 0.5) is 0 Å². The Kier molecular flexibility index (Phi) is 8.96. The zero-order valence-electron chi connectivity index (χ0n) is 22.9. The standard InChI is InChI=1S/C34H36O3S/c1-6-36-33(35)34(4,5)37-31-21-20-30(22-25(31)3)38-32(23-26-10-8-7-9-11-26)29-18-16-28(17-19-29)27-14-12-24(2)13-15-27/h7-22,32H,6,23H2,1-5H3. The van der Waals surface area contributed by atoms with Gasteiger partial charge in [-0.3, -0.25) is 0 Å². The van der Waals surface area contributed by atoms with Crippen LogP contribution < -0.4 is 4.74 Å². The molecule has 0 heterocycles. The molecule has 1 unspecified atom stereocenters. The number of carbonyl (C=O) groups excluding carboxylic acids is 1. The van der Waals surface area contributed by atoms with Crippen LogP contribution in [0, 0.1) is 13.8 Å². The highest BCUT2D eigenvalue weighted by Gasteiger charge is 2.32. The van der Waals surface area contributed by atoms with Crippen LogP contribution in [0.3, 0.4) is 0 Å². The Bertz CT molecular complexity index is 1340. The molecule has 0 N–H and O–H groups in total. The van der Waals surface area contributed by atoms with E-state index in [0.29, 0.717) is 12.4 Å². The smallest absolute Gasteiger partial charge is 0.349 e. The van der Waals surface area contributed by atoms with Crippen LogP contribution in [0.15, 0.2) is 102 Å². The number of ether oxygens (including phenoxy) is 2. The third kappa shape index (κ3) is 7.08. The lowest BCUT2D eigenvalue weighted by Crippen LogP contribution is -2.39. The molecule has 1 atom stereocenters. The summed E-state index contributed by atoms with van der Waals surface area (Å²) in [6.45, 7) is 9.73. The summed E-state index contributed by atoms with van der Waals surface area (Å²) in [6, 6.07) is 34.4. The molecule has 4 aromatic carbocycles. The third-order valence-electron chi connectivity index (χ3n) is 6.49. The van der Waals surface area contributed by atoms with Crippen molar-refractivity contribution in [2.75, 3.05) is 6.61 Å². The van der Waals surface area contributed by atoms with Crippen LogP contribution >= 0.6 is 11.8 Å². The van der Waals surface area contributed by atoms with Crippen molar-refractivity contribution in [2.24, 2.45) is 0 Å². The highest BCUT2D eigenvalue weighted by atomic mass is 32.2. The molecule has 38 heavy (non-hydrogen) atoms. The van der Waals surface area contributed by atoms with Gasteiger partial charge in [-0.15, -0.1) is 11.8 Å². The van der Waals surface area contributed by atoms with E-state index in [1.165, 1.54) is 27.8 Å². The van der Waals surface area contributed by atoms with Crippen molar-refractivity contribution >= 4 is 17.7 Å². The van der Waals surface area contributed by atoms with Gasteiger partial charge in [0.15, 0.2) is 5.60 Å². The fraction of sp³-hybridized carbons (Fsp3) is 0.265. The summed E-state index contributed by atoms with van der Waals surface area (Å²) < 4.78 is 11.2. The van der Waals surface area contributed by atoms with Crippen molar-refractivity contribution < 1.29 is 14.3 Å². The van der Waals surface area contributed by atoms with E-state index in [1.807, 2.05) is 24.8 Å². The molecule has 0 saturated heterocycles. The minimum Gasteiger partial charge on any atom is -0.476 e. The van der Waals surface area contributed by atoms with Crippen LogP contribution in [0.25, 0.3) is 11.1 Å². The summed E-state index contributed by atoms with van der Waals surface area (Å²) in [5.41, 5.74) is 6.24. The zero-order valence-corrected chi connectivity index (χ0v) is 23.7. The molecule has 0 fully saturated rings. The number of thioether (sulfide) groups is 1. The lowest BCUT2D eigenvalue weighted by Gasteiger charge is -2.25. The first-order valence-electron chi connectivity index (χ1n) is 13.1. The van der Waals surface area contributed by atoms with Gasteiger partial charge in [-0.05, 0) is 87.1 Å². The van der Waals surface area contributed by atoms with E-state index < -0.39 is 5.60 Å². The Hall–Kier alpha value is -3.50. The van der Waals surface area contributed by atoms with Crippen molar-refractivity contribution in [1.82, 2.24) is 0 Å². The molecule has 0 aliphatic carbocycles. The van der Waals surface area contributed by atoms with Crippen molar-refractivity contribution in [3.63, 3.8) is 0 Å². The van der Waals surface area contributed by atoms with E-state index in [-0.39, 0.29) is 11.2 Å². The Labute approximate surface area is 231 Å². The Balaban J connectivity index is 1.56. The summed E-state index contributed by atoms with van der Waals surface area (Å²) in [4.78, 5) is 13.5. The zero-order chi connectivity index (χ0) is 27.1. The predicted octanol–water partition coefficient (Wildman–Crippen LogP) is 8.77. The second-order valence-electron chi connectivity index (χ2n) is 10.0. The molecule has 0 radical (unpaired) electrons. The molecule has 3 nitrogen and oxygen atoms in total. The topological polar surface area (TPSA) is 35.5 Å². The monoisotopic (exact) mass is 524 g/mol. The number of esters is 1. The molecule has 4 heteroatoms. The van der Waals surface area contributed by atoms with Crippen LogP contribution in [0.1, 0.15) is 48.3 Å². The summed E-state index contributed by atoms with van der Waals surface area (Å²) in [7, 11) is 0. The molecule has 0 aliphatic rings. The average Bonchev–Trinajstić information content (AvgIpc) is 2.91. The first-order chi connectivity index (χ1) is 18.2. The van der Waals surface area contributed by atoms with Gasteiger partial charge >= 0.3 is 5.97 Å². The number of benzene rings is 4. The molecule has 4 rings (SSSR count). The maximum atomic E-state index is 12.3. The van der Waals surface area contributed by atoms with Gasteiger partial charge in [-0.2, -0.15) is 0 Å². The minimum atomic E-state index is -1.05. The molecular weight excluding hydrogens is 488 g/mol. The van der Waals surface area contributed by atoms with Crippen molar-refractivity contribution in [1.29, 1.82) is 0 Å². The third-order valence-corrected chi connectivity index (χ3v) is 7.74. The number of hydrogen-bond donors (Lipinski definition) is 0. The van der Waals surface area contributed by atoms with Gasteiger partial charge < -0.3 is 9.47 Å². The normalized spacial score (nSPS) is 12.1.